The predicted molar refractivity (Wildman–Crippen MR) is 72.9 cm³/mol. The van der Waals surface area contributed by atoms with Gasteiger partial charge in [-0.15, -0.1) is 11.8 Å². The number of benzene rings is 1. The van der Waals surface area contributed by atoms with Crippen LogP contribution in [0.3, 0.4) is 0 Å². The minimum Gasteiger partial charge on any atom is -0.495 e. The Morgan fingerprint density at radius 3 is 2.53 bits per heavy atom. The maximum atomic E-state index is 11.6. The van der Waals surface area contributed by atoms with Gasteiger partial charge in [0.15, 0.2) is 6.10 Å². The van der Waals surface area contributed by atoms with Crippen LogP contribution in [0.4, 0.5) is 0 Å². The summed E-state index contributed by atoms with van der Waals surface area (Å²) in [6, 6.07) is 3.28. The summed E-state index contributed by atoms with van der Waals surface area (Å²) in [5.74, 6) is 0.356. The third kappa shape index (κ3) is 3.33. The van der Waals surface area contributed by atoms with Crippen LogP contribution in [0.1, 0.15) is 18.6 Å². The summed E-state index contributed by atoms with van der Waals surface area (Å²) in [4.78, 5) is 12.3. The van der Waals surface area contributed by atoms with Crippen LogP contribution in [0.25, 0.3) is 0 Å². The Kier molecular flexibility index (Phi) is 5.98. The highest BCUT2D eigenvalue weighted by atomic mass is 32.2. The van der Waals surface area contributed by atoms with E-state index < -0.39 is 12.1 Å². The SMILES string of the molecule is CCOC(=O)C(O)c1ccc(OC)c(SC)c1OC. The summed E-state index contributed by atoms with van der Waals surface area (Å²) in [5.41, 5.74) is 0.367. The summed E-state index contributed by atoms with van der Waals surface area (Å²) in [7, 11) is 3.03. The zero-order valence-electron chi connectivity index (χ0n) is 11.4. The zero-order chi connectivity index (χ0) is 14.4. The highest BCUT2D eigenvalue weighted by molar-refractivity contribution is 7.98. The maximum absolute atomic E-state index is 11.6. The first-order chi connectivity index (χ1) is 9.10. The van der Waals surface area contributed by atoms with Gasteiger partial charge in [0.25, 0.3) is 0 Å². The van der Waals surface area contributed by atoms with Crippen LogP contribution in [0.2, 0.25) is 0 Å². The van der Waals surface area contributed by atoms with Gasteiger partial charge in [0.2, 0.25) is 0 Å². The molecule has 1 aromatic carbocycles. The molecule has 106 valence electrons. The van der Waals surface area contributed by atoms with Gasteiger partial charge in [-0.25, -0.2) is 4.79 Å². The molecule has 0 saturated carbocycles. The third-order valence-electron chi connectivity index (χ3n) is 2.54. The molecule has 0 spiro atoms. The summed E-state index contributed by atoms with van der Waals surface area (Å²) >= 11 is 1.41. The van der Waals surface area contributed by atoms with Crippen LogP contribution in [-0.4, -0.2) is 38.2 Å². The molecule has 19 heavy (non-hydrogen) atoms. The first-order valence-corrected chi connectivity index (χ1v) is 6.96. The summed E-state index contributed by atoms with van der Waals surface area (Å²) in [6.07, 6.45) is 0.493. The van der Waals surface area contributed by atoms with E-state index in [1.807, 2.05) is 6.26 Å². The van der Waals surface area contributed by atoms with Crippen LogP contribution in [-0.2, 0) is 9.53 Å². The molecule has 0 amide bonds. The van der Waals surface area contributed by atoms with Gasteiger partial charge < -0.3 is 19.3 Å². The molecule has 0 bridgehead atoms. The van der Waals surface area contributed by atoms with E-state index in [0.717, 1.165) is 4.90 Å². The molecule has 0 radical (unpaired) electrons. The van der Waals surface area contributed by atoms with Crippen molar-refractivity contribution in [1.29, 1.82) is 0 Å². The van der Waals surface area contributed by atoms with Gasteiger partial charge in [0, 0.05) is 5.56 Å². The van der Waals surface area contributed by atoms with Crippen molar-refractivity contribution in [2.75, 3.05) is 27.1 Å². The van der Waals surface area contributed by atoms with Crippen LogP contribution in [0, 0.1) is 0 Å². The number of aliphatic hydroxyl groups excluding tert-OH is 1. The summed E-state index contributed by atoms with van der Waals surface area (Å²) in [6.45, 7) is 1.90. The van der Waals surface area contributed by atoms with E-state index in [0.29, 0.717) is 17.1 Å². The van der Waals surface area contributed by atoms with Crippen molar-refractivity contribution in [1.82, 2.24) is 0 Å². The molecule has 1 rings (SSSR count). The quantitative estimate of drug-likeness (QED) is 0.637. The van der Waals surface area contributed by atoms with Crippen molar-refractivity contribution < 1.29 is 24.1 Å². The van der Waals surface area contributed by atoms with Crippen molar-refractivity contribution in [3.05, 3.63) is 17.7 Å². The topological polar surface area (TPSA) is 65.0 Å². The number of rotatable bonds is 6. The van der Waals surface area contributed by atoms with E-state index in [2.05, 4.69) is 0 Å². The van der Waals surface area contributed by atoms with E-state index in [4.69, 9.17) is 14.2 Å². The van der Waals surface area contributed by atoms with Crippen LogP contribution >= 0.6 is 11.8 Å². The molecule has 0 aliphatic heterocycles. The molecule has 1 N–H and O–H groups in total. The molecule has 1 atom stereocenters. The van der Waals surface area contributed by atoms with Crippen molar-refractivity contribution >= 4 is 17.7 Å². The largest absolute Gasteiger partial charge is 0.495 e. The zero-order valence-corrected chi connectivity index (χ0v) is 12.2. The average molecular weight is 286 g/mol. The number of methoxy groups -OCH3 is 2. The van der Waals surface area contributed by atoms with Crippen LogP contribution in [0.5, 0.6) is 11.5 Å². The van der Waals surface area contributed by atoms with Gasteiger partial charge in [-0.2, -0.15) is 0 Å². The first kappa shape index (κ1) is 15.7. The second-order valence-electron chi connectivity index (χ2n) is 3.58. The molecule has 5 nitrogen and oxygen atoms in total. The first-order valence-electron chi connectivity index (χ1n) is 5.74. The molecule has 0 saturated heterocycles. The molecule has 0 aliphatic rings. The van der Waals surface area contributed by atoms with E-state index in [-0.39, 0.29) is 6.61 Å². The van der Waals surface area contributed by atoms with Crippen molar-refractivity contribution in [3.8, 4) is 11.5 Å². The Labute approximate surface area is 116 Å². The Balaban J connectivity index is 3.24. The highest BCUT2D eigenvalue weighted by Gasteiger charge is 2.25. The highest BCUT2D eigenvalue weighted by Crippen LogP contribution is 2.41. The number of carbonyl (C=O) groups is 1. The fourth-order valence-electron chi connectivity index (χ4n) is 1.69. The monoisotopic (exact) mass is 286 g/mol. The van der Waals surface area contributed by atoms with E-state index >= 15 is 0 Å². The molecular formula is C13H18O5S. The number of hydrogen-bond donors (Lipinski definition) is 1. The number of carbonyl (C=O) groups excluding carboxylic acids is 1. The number of esters is 1. The third-order valence-corrected chi connectivity index (χ3v) is 3.33. The second-order valence-corrected chi connectivity index (χ2v) is 4.39. The minimum atomic E-state index is -1.37. The lowest BCUT2D eigenvalue weighted by atomic mass is 10.1. The summed E-state index contributed by atoms with van der Waals surface area (Å²) < 4.78 is 15.3. The molecule has 6 heteroatoms. The van der Waals surface area contributed by atoms with Crippen molar-refractivity contribution in [2.45, 2.75) is 17.9 Å². The fourth-order valence-corrected chi connectivity index (χ4v) is 2.43. The van der Waals surface area contributed by atoms with Crippen LogP contribution < -0.4 is 9.47 Å². The van der Waals surface area contributed by atoms with E-state index in [9.17, 15) is 9.90 Å². The maximum Gasteiger partial charge on any atom is 0.339 e. The Morgan fingerprint density at radius 1 is 1.37 bits per heavy atom. The van der Waals surface area contributed by atoms with Gasteiger partial charge >= 0.3 is 5.97 Å². The minimum absolute atomic E-state index is 0.212. The molecule has 1 aromatic rings. The Hall–Kier alpha value is -1.40. The Bertz CT molecular complexity index is 447. The van der Waals surface area contributed by atoms with Gasteiger partial charge in [-0.05, 0) is 25.3 Å². The lowest BCUT2D eigenvalue weighted by molar-refractivity contribution is -0.153. The lowest BCUT2D eigenvalue weighted by Crippen LogP contribution is -2.16. The van der Waals surface area contributed by atoms with Gasteiger partial charge in [0.1, 0.15) is 11.5 Å². The number of hydrogen-bond acceptors (Lipinski definition) is 6. The smallest absolute Gasteiger partial charge is 0.339 e. The van der Waals surface area contributed by atoms with E-state index in [1.165, 1.54) is 18.9 Å². The molecule has 1 unspecified atom stereocenters. The number of ether oxygens (including phenoxy) is 3. The molecule has 0 heterocycles. The van der Waals surface area contributed by atoms with Gasteiger partial charge in [0.05, 0.1) is 25.7 Å². The normalized spacial score (nSPS) is 11.8. The number of aliphatic hydroxyl groups is 1. The molecular weight excluding hydrogens is 268 g/mol. The second kappa shape index (κ2) is 7.25. The standard InChI is InChI=1S/C13H18O5S/c1-5-18-13(15)10(14)8-6-7-9(16-2)12(19-4)11(8)17-3/h6-7,10,14H,5H2,1-4H3. The predicted octanol–water partition coefficient (Wildman–Crippen LogP) is 2.02. The van der Waals surface area contributed by atoms with Gasteiger partial charge in [-0.1, -0.05) is 0 Å². The molecule has 0 aliphatic carbocycles. The molecule has 0 aromatic heterocycles. The fraction of sp³-hybridized carbons (Fsp3) is 0.462. The summed E-state index contributed by atoms with van der Waals surface area (Å²) in [5, 5.41) is 10.0. The van der Waals surface area contributed by atoms with E-state index in [1.54, 1.807) is 26.2 Å². The van der Waals surface area contributed by atoms with Crippen LogP contribution in [0.15, 0.2) is 17.0 Å². The molecule has 0 fully saturated rings. The number of thioether (sulfide) groups is 1. The van der Waals surface area contributed by atoms with Crippen molar-refractivity contribution in [3.63, 3.8) is 0 Å². The Morgan fingerprint density at radius 2 is 2.05 bits per heavy atom. The average Bonchev–Trinajstić information content (AvgIpc) is 2.44. The van der Waals surface area contributed by atoms with Crippen molar-refractivity contribution in [2.24, 2.45) is 0 Å². The lowest BCUT2D eigenvalue weighted by Gasteiger charge is -2.18. The van der Waals surface area contributed by atoms with Gasteiger partial charge in [-0.3, -0.25) is 0 Å².